The molecule has 0 spiro atoms. The van der Waals surface area contributed by atoms with Gasteiger partial charge in [-0.25, -0.2) is 0 Å². The summed E-state index contributed by atoms with van der Waals surface area (Å²) in [6.45, 7) is 2.38. The molecule has 3 rings (SSSR count). The first-order chi connectivity index (χ1) is 12.5. The summed E-state index contributed by atoms with van der Waals surface area (Å²) in [5, 5.41) is 23.7. The number of aromatic amines is 1. The summed E-state index contributed by atoms with van der Waals surface area (Å²) in [6, 6.07) is 11.1. The van der Waals surface area contributed by atoms with Gasteiger partial charge in [0.15, 0.2) is 0 Å². The van der Waals surface area contributed by atoms with E-state index < -0.39 is 6.10 Å². The summed E-state index contributed by atoms with van der Waals surface area (Å²) in [7, 11) is 1.65. The van der Waals surface area contributed by atoms with Crippen molar-refractivity contribution in [1.82, 2.24) is 10.3 Å². The minimum atomic E-state index is -0.787. The van der Waals surface area contributed by atoms with Gasteiger partial charge in [0.1, 0.15) is 17.0 Å². The lowest BCUT2D eigenvalue weighted by Gasteiger charge is -2.19. The number of phenols is 1. The topological polar surface area (TPSA) is 94.6 Å². The van der Waals surface area contributed by atoms with Gasteiger partial charge < -0.3 is 25.3 Å². The fourth-order valence-corrected chi connectivity index (χ4v) is 3.92. The second kappa shape index (κ2) is 7.90. The average molecular weight is 374 g/mol. The molecular weight excluding hydrogens is 352 g/mol. The van der Waals surface area contributed by atoms with Crippen LogP contribution in [0.15, 0.2) is 41.2 Å². The second-order valence-corrected chi connectivity index (χ2v) is 7.22. The quantitative estimate of drug-likeness (QED) is 0.510. The maximum absolute atomic E-state index is 11.6. The smallest absolute Gasteiger partial charge is 0.305 e. The van der Waals surface area contributed by atoms with Crippen molar-refractivity contribution in [2.75, 3.05) is 13.7 Å². The van der Waals surface area contributed by atoms with Crippen LogP contribution in [0.1, 0.15) is 24.2 Å². The highest BCUT2D eigenvalue weighted by Crippen LogP contribution is 2.31. The maximum atomic E-state index is 11.6. The van der Waals surface area contributed by atoms with Crippen LogP contribution in [-0.2, 0) is 6.42 Å². The Morgan fingerprint density at radius 3 is 2.81 bits per heavy atom. The van der Waals surface area contributed by atoms with E-state index in [4.69, 9.17) is 4.74 Å². The van der Waals surface area contributed by atoms with Crippen molar-refractivity contribution in [1.29, 1.82) is 0 Å². The number of thiazole rings is 1. The third kappa shape index (κ3) is 3.90. The van der Waals surface area contributed by atoms with E-state index >= 15 is 0 Å². The molecule has 4 N–H and O–H groups in total. The predicted octanol–water partition coefficient (Wildman–Crippen LogP) is 2.56. The Balaban J connectivity index is 1.68. The number of hydrogen-bond donors (Lipinski definition) is 4. The summed E-state index contributed by atoms with van der Waals surface area (Å²) in [4.78, 5) is 13.9. The minimum absolute atomic E-state index is 0.00630. The average Bonchev–Trinajstić information content (AvgIpc) is 3.03. The summed E-state index contributed by atoms with van der Waals surface area (Å²) in [5.74, 6) is 0.853. The van der Waals surface area contributed by atoms with Crippen LogP contribution >= 0.6 is 11.3 Å². The SMILES string of the molecule is COc1ccccc1C[C@@H](C)NCC(O)c1ccc(O)c2[nH]c(=O)sc12. The summed E-state index contributed by atoms with van der Waals surface area (Å²) in [5.41, 5.74) is 2.09. The van der Waals surface area contributed by atoms with Gasteiger partial charge in [0, 0.05) is 18.2 Å². The number of nitrogens with one attached hydrogen (secondary N) is 2. The molecule has 0 saturated carbocycles. The number of para-hydroxylation sites is 1. The van der Waals surface area contributed by atoms with Gasteiger partial charge >= 0.3 is 4.87 Å². The molecule has 1 unspecified atom stereocenters. The lowest BCUT2D eigenvalue weighted by Crippen LogP contribution is -2.32. The summed E-state index contributed by atoms with van der Waals surface area (Å²) in [6.07, 6.45) is -0.0242. The van der Waals surface area contributed by atoms with Crippen molar-refractivity contribution in [3.63, 3.8) is 0 Å². The number of hydrogen-bond acceptors (Lipinski definition) is 6. The number of aliphatic hydroxyl groups is 1. The normalized spacial score (nSPS) is 13.7. The standard InChI is InChI=1S/C19H22N2O4S/c1-11(9-12-5-3-4-6-16(12)25-2)20-10-15(23)13-7-8-14(22)17-18(13)26-19(24)21-17/h3-8,11,15,20,22-23H,9-10H2,1-2H3,(H,21,24)/t11-,15?/m1/s1. The molecule has 0 amide bonds. The van der Waals surface area contributed by atoms with Crippen LogP contribution < -0.4 is 14.9 Å². The number of methoxy groups -OCH3 is 1. The van der Waals surface area contributed by atoms with Gasteiger partial charge in [-0.05, 0) is 31.0 Å². The Labute approximate surface area is 155 Å². The molecule has 1 heterocycles. The molecule has 26 heavy (non-hydrogen) atoms. The largest absolute Gasteiger partial charge is 0.506 e. The number of fused-ring (bicyclic) bond motifs is 1. The van der Waals surface area contributed by atoms with Gasteiger partial charge in [-0.3, -0.25) is 4.79 Å². The highest BCUT2D eigenvalue weighted by molar-refractivity contribution is 7.16. The van der Waals surface area contributed by atoms with Crippen LogP contribution in [0.3, 0.4) is 0 Å². The molecule has 0 aliphatic rings. The molecule has 0 aliphatic heterocycles. The van der Waals surface area contributed by atoms with Crippen LogP contribution in [0.5, 0.6) is 11.5 Å². The predicted molar refractivity (Wildman–Crippen MR) is 103 cm³/mol. The van der Waals surface area contributed by atoms with Crippen LogP contribution in [-0.4, -0.2) is 34.9 Å². The molecule has 1 aromatic heterocycles. The van der Waals surface area contributed by atoms with Gasteiger partial charge in [-0.1, -0.05) is 35.6 Å². The number of ether oxygens (including phenoxy) is 1. The summed E-state index contributed by atoms with van der Waals surface area (Å²) < 4.78 is 5.96. The number of rotatable bonds is 7. The van der Waals surface area contributed by atoms with E-state index in [9.17, 15) is 15.0 Å². The van der Waals surface area contributed by atoms with E-state index in [0.29, 0.717) is 22.3 Å². The van der Waals surface area contributed by atoms with Crippen LogP contribution in [0.2, 0.25) is 0 Å². The number of H-pyrrole nitrogens is 1. The van der Waals surface area contributed by atoms with Gasteiger partial charge in [0.05, 0.1) is 17.9 Å². The Kier molecular flexibility index (Phi) is 5.61. The van der Waals surface area contributed by atoms with Gasteiger partial charge in [-0.2, -0.15) is 0 Å². The molecule has 0 bridgehead atoms. The molecular formula is C19H22N2O4S. The Bertz CT molecular complexity index is 950. The van der Waals surface area contributed by atoms with E-state index in [1.165, 1.54) is 6.07 Å². The lowest BCUT2D eigenvalue weighted by molar-refractivity contribution is 0.172. The molecule has 2 aromatic carbocycles. The van der Waals surface area contributed by atoms with Crippen molar-refractivity contribution in [2.45, 2.75) is 25.5 Å². The highest BCUT2D eigenvalue weighted by Gasteiger charge is 2.17. The van der Waals surface area contributed by atoms with E-state index in [1.54, 1.807) is 13.2 Å². The number of benzene rings is 2. The molecule has 0 saturated heterocycles. The second-order valence-electron chi connectivity index (χ2n) is 6.23. The van der Waals surface area contributed by atoms with Gasteiger partial charge in [0.25, 0.3) is 0 Å². The van der Waals surface area contributed by atoms with Crippen LogP contribution in [0, 0.1) is 0 Å². The Morgan fingerprint density at radius 2 is 2.04 bits per heavy atom. The van der Waals surface area contributed by atoms with Crippen LogP contribution in [0.25, 0.3) is 10.2 Å². The molecule has 138 valence electrons. The van der Waals surface area contributed by atoms with E-state index in [1.807, 2.05) is 31.2 Å². The summed E-state index contributed by atoms with van der Waals surface area (Å²) >= 11 is 0.988. The van der Waals surface area contributed by atoms with Crippen molar-refractivity contribution in [3.8, 4) is 11.5 Å². The monoisotopic (exact) mass is 374 g/mol. The Hall–Kier alpha value is -2.35. The van der Waals surface area contributed by atoms with Crippen molar-refractivity contribution >= 4 is 21.6 Å². The first-order valence-corrected chi connectivity index (χ1v) is 9.19. The van der Waals surface area contributed by atoms with E-state index in [-0.39, 0.29) is 16.7 Å². The molecule has 3 aromatic rings. The van der Waals surface area contributed by atoms with Crippen molar-refractivity contribution in [2.24, 2.45) is 0 Å². The Morgan fingerprint density at radius 1 is 1.27 bits per heavy atom. The molecule has 6 nitrogen and oxygen atoms in total. The molecule has 0 fully saturated rings. The number of phenolic OH excluding ortho intramolecular Hbond substituents is 1. The number of aliphatic hydroxyl groups excluding tert-OH is 1. The lowest BCUT2D eigenvalue weighted by atomic mass is 10.0. The first kappa shape index (κ1) is 18.4. The zero-order chi connectivity index (χ0) is 18.7. The number of aromatic hydroxyl groups is 1. The molecule has 7 heteroatoms. The molecule has 0 aliphatic carbocycles. The highest BCUT2D eigenvalue weighted by atomic mass is 32.1. The van der Waals surface area contributed by atoms with E-state index in [2.05, 4.69) is 10.3 Å². The van der Waals surface area contributed by atoms with Crippen molar-refractivity contribution in [3.05, 3.63) is 57.2 Å². The fourth-order valence-electron chi connectivity index (χ4n) is 3.00. The van der Waals surface area contributed by atoms with E-state index in [0.717, 1.165) is 29.1 Å². The zero-order valence-electron chi connectivity index (χ0n) is 14.7. The van der Waals surface area contributed by atoms with Crippen LogP contribution in [0.4, 0.5) is 0 Å². The fraction of sp³-hybridized carbons (Fsp3) is 0.316. The molecule has 2 atom stereocenters. The third-order valence-electron chi connectivity index (χ3n) is 4.33. The van der Waals surface area contributed by atoms with Crippen molar-refractivity contribution < 1.29 is 14.9 Å². The maximum Gasteiger partial charge on any atom is 0.305 e. The van der Waals surface area contributed by atoms with Gasteiger partial charge in [0.2, 0.25) is 0 Å². The molecule has 0 radical (unpaired) electrons. The number of aromatic nitrogens is 1. The minimum Gasteiger partial charge on any atom is -0.506 e. The van der Waals surface area contributed by atoms with Gasteiger partial charge in [-0.15, -0.1) is 0 Å². The third-order valence-corrected chi connectivity index (χ3v) is 5.26. The zero-order valence-corrected chi connectivity index (χ0v) is 15.5. The first-order valence-electron chi connectivity index (χ1n) is 8.37.